The van der Waals surface area contributed by atoms with Gasteiger partial charge in [-0.25, -0.2) is 12.7 Å². The predicted molar refractivity (Wildman–Crippen MR) is 89.1 cm³/mol. The standard InChI is InChI=1S/C15H19ClN2O4S/c1-9(2)7-17-14(19)12-6-11(4-5-13(12)16)18-15(20)10(3)8-23(18,21)22/h4-6,9-10H,7-8H2,1-3H3,(H,17,19). The maximum atomic E-state index is 12.2. The molecule has 1 aliphatic heterocycles. The third-order valence-electron chi connectivity index (χ3n) is 3.46. The van der Waals surface area contributed by atoms with Crippen LogP contribution in [0.1, 0.15) is 31.1 Å². The van der Waals surface area contributed by atoms with Gasteiger partial charge < -0.3 is 5.32 Å². The smallest absolute Gasteiger partial charge is 0.252 e. The van der Waals surface area contributed by atoms with Gasteiger partial charge in [0.15, 0.2) is 0 Å². The number of rotatable bonds is 4. The van der Waals surface area contributed by atoms with Gasteiger partial charge in [0.05, 0.1) is 27.9 Å². The Morgan fingerprint density at radius 2 is 2.09 bits per heavy atom. The van der Waals surface area contributed by atoms with Crippen molar-refractivity contribution in [1.82, 2.24) is 5.32 Å². The van der Waals surface area contributed by atoms with Crippen molar-refractivity contribution < 1.29 is 18.0 Å². The summed E-state index contributed by atoms with van der Waals surface area (Å²) >= 11 is 6.04. The van der Waals surface area contributed by atoms with Crippen molar-refractivity contribution in [2.45, 2.75) is 20.8 Å². The van der Waals surface area contributed by atoms with Gasteiger partial charge in [-0.05, 0) is 24.1 Å². The van der Waals surface area contributed by atoms with E-state index in [0.717, 1.165) is 4.31 Å². The number of sulfonamides is 1. The van der Waals surface area contributed by atoms with Gasteiger partial charge in [0, 0.05) is 6.54 Å². The Morgan fingerprint density at radius 1 is 1.43 bits per heavy atom. The summed E-state index contributed by atoms with van der Waals surface area (Å²) in [5.74, 6) is -1.47. The third kappa shape index (κ3) is 3.67. The average Bonchev–Trinajstić information content (AvgIpc) is 2.65. The molecule has 1 atom stereocenters. The second-order valence-corrected chi connectivity index (χ2v) is 8.32. The van der Waals surface area contributed by atoms with E-state index >= 15 is 0 Å². The van der Waals surface area contributed by atoms with Crippen LogP contribution in [-0.2, 0) is 14.8 Å². The summed E-state index contributed by atoms with van der Waals surface area (Å²) < 4.78 is 25.0. The number of carbonyl (C=O) groups is 2. The maximum absolute atomic E-state index is 12.2. The fourth-order valence-corrected chi connectivity index (χ4v) is 4.31. The highest BCUT2D eigenvalue weighted by Gasteiger charge is 2.42. The van der Waals surface area contributed by atoms with Gasteiger partial charge in [0.1, 0.15) is 0 Å². The zero-order valence-corrected chi connectivity index (χ0v) is 14.7. The summed E-state index contributed by atoms with van der Waals surface area (Å²) in [6.45, 7) is 5.94. The first-order chi connectivity index (χ1) is 10.6. The van der Waals surface area contributed by atoms with Crippen molar-refractivity contribution in [3.8, 4) is 0 Å². The van der Waals surface area contributed by atoms with Gasteiger partial charge in [-0.1, -0.05) is 32.4 Å². The second-order valence-electron chi connectivity index (χ2n) is 6.05. The van der Waals surface area contributed by atoms with Gasteiger partial charge in [-0.3, -0.25) is 9.59 Å². The molecule has 1 unspecified atom stereocenters. The van der Waals surface area contributed by atoms with E-state index in [2.05, 4.69) is 5.32 Å². The molecule has 1 fully saturated rings. The largest absolute Gasteiger partial charge is 0.352 e. The molecule has 1 N–H and O–H groups in total. The molecule has 0 spiro atoms. The molecule has 1 aliphatic rings. The van der Waals surface area contributed by atoms with Gasteiger partial charge in [-0.2, -0.15) is 0 Å². The van der Waals surface area contributed by atoms with Gasteiger partial charge >= 0.3 is 0 Å². The van der Waals surface area contributed by atoms with E-state index < -0.39 is 27.8 Å². The third-order valence-corrected chi connectivity index (χ3v) is 5.66. The Balaban J connectivity index is 2.37. The number of hydrogen-bond acceptors (Lipinski definition) is 4. The van der Waals surface area contributed by atoms with Crippen molar-refractivity contribution in [3.63, 3.8) is 0 Å². The lowest BCUT2D eigenvalue weighted by molar-refractivity contribution is -0.119. The topological polar surface area (TPSA) is 83.6 Å². The van der Waals surface area contributed by atoms with Crippen LogP contribution in [0.25, 0.3) is 0 Å². The number of nitrogens with zero attached hydrogens (tertiary/aromatic N) is 1. The Hall–Kier alpha value is -1.60. The summed E-state index contributed by atoms with van der Waals surface area (Å²) in [5, 5.41) is 2.92. The SMILES string of the molecule is CC(C)CNC(=O)c1cc(N2C(=O)C(C)CS2(=O)=O)ccc1Cl. The molecule has 2 amide bonds. The first kappa shape index (κ1) is 17.7. The summed E-state index contributed by atoms with van der Waals surface area (Å²) in [5.41, 5.74) is 0.283. The molecule has 126 valence electrons. The quantitative estimate of drug-likeness (QED) is 0.892. The molecule has 0 aliphatic carbocycles. The molecule has 0 bridgehead atoms. The number of anilines is 1. The highest BCUT2D eigenvalue weighted by Crippen LogP contribution is 2.31. The second kappa shape index (κ2) is 6.49. The van der Waals surface area contributed by atoms with Crippen molar-refractivity contribution in [2.24, 2.45) is 11.8 Å². The Kier molecular flexibility index (Phi) is 5.01. The van der Waals surface area contributed by atoms with Crippen LogP contribution < -0.4 is 9.62 Å². The molecule has 0 radical (unpaired) electrons. The van der Waals surface area contributed by atoms with Crippen LogP contribution in [0.2, 0.25) is 5.02 Å². The molecule has 1 aromatic rings. The lowest BCUT2D eigenvalue weighted by Gasteiger charge is -2.17. The van der Waals surface area contributed by atoms with E-state index in [1.807, 2.05) is 13.8 Å². The Bertz CT molecular complexity index is 746. The number of halogens is 1. The molecule has 2 rings (SSSR count). The summed E-state index contributed by atoms with van der Waals surface area (Å²) in [6, 6.07) is 4.19. The Morgan fingerprint density at radius 3 is 2.61 bits per heavy atom. The number of carbonyl (C=O) groups excluding carboxylic acids is 2. The summed E-state index contributed by atoms with van der Waals surface area (Å²) in [7, 11) is -3.71. The zero-order valence-electron chi connectivity index (χ0n) is 13.2. The van der Waals surface area contributed by atoms with Gasteiger partial charge in [0.2, 0.25) is 15.9 Å². The lowest BCUT2D eigenvalue weighted by atomic mass is 10.1. The molecular formula is C15H19ClN2O4S. The molecular weight excluding hydrogens is 340 g/mol. The predicted octanol–water partition coefficient (Wildman–Crippen LogP) is 2.04. The normalized spacial score (nSPS) is 20.1. The first-order valence-corrected chi connectivity index (χ1v) is 9.26. The minimum atomic E-state index is -3.71. The fourth-order valence-electron chi connectivity index (χ4n) is 2.29. The van der Waals surface area contributed by atoms with Gasteiger partial charge in [0.25, 0.3) is 5.91 Å². The minimum absolute atomic E-state index is 0.137. The molecule has 1 aromatic carbocycles. The molecule has 8 heteroatoms. The van der Waals surface area contributed by atoms with E-state index in [4.69, 9.17) is 11.6 Å². The number of hydrogen-bond donors (Lipinski definition) is 1. The first-order valence-electron chi connectivity index (χ1n) is 7.28. The molecule has 0 aromatic heterocycles. The van der Waals surface area contributed by atoms with Crippen LogP contribution in [0.3, 0.4) is 0 Å². The summed E-state index contributed by atoms with van der Waals surface area (Å²) in [6.07, 6.45) is 0. The lowest BCUT2D eigenvalue weighted by Crippen LogP contribution is -2.31. The highest BCUT2D eigenvalue weighted by atomic mass is 35.5. The van der Waals surface area contributed by atoms with Crippen LogP contribution >= 0.6 is 11.6 Å². The van der Waals surface area contributed by atoms with Crippen LogP contribution in [0, 0.1) is 11.8 Å². The van der Waals surface area contributed by atoms with Crippen LogP contribution in [0.4, 0.5) is 5.69 Å². The maximum Gasteiger partial charge on any atom is 0.252 e. The van der Waals surface area contributed by atoms with Crippen LogP contribution in [0.5, 0.6) is 0 Å². The van der Waals surface area contributed by atoms with Crippen molar-refractivity contribution in [3.05, 3.63) is 28.8 Å². The van der Waals surface area contributed by atoms with E-state index in [1.165, 1.54) is 18.2 Å². The minimum Gasteiger partial charge on any atom is -0.352 e. The van der Waals surface area contributed by atoms with Crippen molar-refractivity contribution in [1.29, 1.82) is 0 Å². The van der Waals surface area contributed by atoms with Crippen LogP contribution in [0.15, 0.2) is 18.2 Å². The van der Waals surface area contributed by atoms with Gasteiger partial charge in [-0.15, -0.1) is 0 Å². The number of nitrogens with one attached hydrogen (secondary N) is 1. The van der Waals surface area contributed by atoms with E-state index in [0.29, 0.717) is 6.54 Å². The van der Waals surface area contributed by atoms with E-state index in [1.54, 1.807) is 6.92 Å². The monoisotopic (exact) mass is 358 g/mol. The highest BCUT2D eigenvalue weighted by molar-refractivity contribution is 7.94. The summed E-state index contributed by atoms with van der Waals surface area (Å²) in [4.78, 5) is 24.3. The zero-order chi connectivity index (χ0) is 17.4. The molecule has 6 nitrogen and oxygen atoms in total. The van der Waals surface area contributed by atoms with E-state index in [9.17, 15) is 18.0 Å². The molecule has 23 heavy (non-hydrogen) atoms. The molecule has 0 saturated carbocycles. The average molecular weight is 359 g/mol. The van der Waals surface area contributed by atoms with Crippen molar-refractivity contribution >= 4 is 39.1 Å². The molecule has 1 heterocycles. The number of benzene rings is 1. The fraction of sp³-hybridized carbons (Fsp3) is 0.467. The van der Waals surface area contributed by atoms with E-state index in [-0.39, 0.29) is 27.9 Å². The Labute approximate surface area is 140 Å². The van der Waals surface area contributed by atoms with Crippen LogP contribution in [-0.4, -0.2) is 32.5 Å². The van der Waals surface area contributed by atoms with Crippen molar-refractivity contribution in [2.75, 3.05) is 16.6 Å². The number of amides is 2. The molecule has 1 saturated heterocycles.